The topological polar surface area (TPSA) is 55.1 Å². The highest BCUT2D eigenvalue weighted by Gasteiger charge is 2.39. The van der Waals surface area contributed by atoms with E-state index >= 15 is 0 Å². The van der Waals surface area contributed by atoms with E-state index in [1.807, 2.05) is 0 Å². The number of halogens is 2. The van der Waals surface area contributed by atoms with Crippen molar-refractivity contribution < 1.29 is 4.79 Å². The van der Waals surface area contributed by atoms with Crippen molar-refractivity contribution in [1.29, 1.82) is 0 Å². The summed E-state index contributed by atoms with van der Waals surface area (Å²) in [6.45, 7) is 0.265. The zero-order chi connectivity index (χ0) is 9.19. The summed E-state index contributed by atoms with van der Waals surface area (Å²) in [6, 6.07) is 0. The van der Waals surface area contributed by atoms with Crippen molar-refractivity contribution >= 4 is 29.1 Å². The van der Waals surface area contributed by atoms with E-state index in [-0.39, 0.29) is 12.5 Å². The van der Waals surface area contributed by atoms with Gasteiger partial charge in [-0.1, -0.05) is 0 Å². The molecule has 1 aliphatic carbocycles. The molecular weight excluding hydrogens is 199 g/mol. The van der Waals surface area contributed by atoms with Crippen molar-refractivity contribution in [1.82, 2.24) is 5.32 Å². The predicted octanol–water partition coefficient (Wildman–Crippen LogP) is 0.788. The molecule has 1 saturated carbocycles. The molecule has 0 unspecified atom stereocenters. The summed E-state index contributed by atoms with van der Waals surface area (Å²) in [5.74, 6) is -0.139. The van der Waals surface area contributed by atoms with Crippen LogP contribution in [0.5, 0.6) is 0 Å². The molecule has 0 atom stereocenters. The van der Waals surface area contributed by atoms with E-state index in [4.69, 9.17) is 28.9 Å². The highest BCUT2D eigenvalue weighted by Crippen LogP contribution is 2.28. The van der Waals surface area contributed by atoms with Gasteiger partial charge in [-0.3, -0.25) is 4.79 Å². The van der Waals surface area contributed by atoms with Gasteiger partial charge in [0.15, 0.2) is 0 Å². The average molecular weight is 211 g/mol. The van der Waals surface area contributed by atoms with Gasteiger partial charge in [-0.25, -0.2) is 0 Å². The Morgan fingerprint density at radius 3 is 2.50 bits per heavy atom. The molecule has 12 heavy (non-hydrogen) atoms. The van der Waals surface area contributed by atoms with Crippen LogP contribution in [0.2, 0.25) is 0 Å². The van der Waals surface area contributed by atoms with Gasteiger partial charge in [0.2, 0.25) is 5.91 Å². The van der Waals surface area contributed by atoms with Crippen molar-refractivity contribution in [2.75, 3.05) is 6.54 Å². The molecule has 0 bridgehead atoms. The molecule has 0 saturated heterocycles. The van der Waals surface area contributed by atoms with Crippen LogP contribution < -0.4 is 11.1 Å². The molecule has 0 aromatic heterocycles. The molecule has 0 spiro atoms. The SMILES string of the molecule is NC1(C(=O)NCC(Cl)Cl)CCC1. The van der Waals surface area contributed by atoms with E-state index in [0.717, 1.165) is 19.3 Å². The van der Waals surface area contributed by atoms with Gasteiger partial charge in [0.25, 0.3) is 0 Å². The lowest BCUT2D eigenvalue weighted by atomic mass is 9.77. The standard InChI is InChI=1S/C7H12Cl2N2O/c8-5(9)4-11-6(12)7(10)2-1-3-7/h5H,1-4,10H2,(H,11,12). The lowest BCUT2D eigenvalue weighted by molar-refractivity contribution is -0.129. The molecule has 70 valence electrons. The Morgan fingerprint density at radius 1 is 1.58 bits per heavy atom. The average Bonchev–Trinajstić information content (AvgIpc) is 1.95. The van der Waals surface area contributed by atoms with Gasteiger partial charge in [0, 0.05) is 6.54 Å². The predicted molar refractivity (Wildman–Crippen MR) is 49.3 cm³/mol. The summed E-state index contributed by atoms with van der Waals surface area (Å²) >= 11 is 10.9. The van der Waals surface area contributed by atoms with Crippen LogP contribution in [-0.2, 0) is 4.79 Å². The van der Waals surface area contributed by atoms with Gasteiger partial charge in [-0.05, 0) is 19.3 Å². The third-order valence-electron chi connectivity index (χ3n) is 2.11. The van der Waals surface area contributed by atoms with Crippen LogP contribution in [0.3, 0.4) is 0 Å². The highest BCUT2D eigenvalue weighted by atomic mass is 35.5. The molecule has 1 fully saturated rings. The molecule has 0 heterocycles. The first-order valence-corrected chi connectivity index (χ1v) is 4.77. The summed E-state index contributed by atoms with van der Waals surface area (Å²) in [5, 5.41) is 2.60. The van der Waals surface area contributed by atoms with Gasteiger partial charge in [0.1, 0.15) is 4.84 Å². The quantitative estimate of drug-likeness (QED) is 0.678. The van der Waals surface area contributed by atoms with Crippen LogP contribution in [0.4, 0.5) is 0 Å². The van der Waals surface area contributed by atoms with Crippen molar-refractivity contribution in [3.63, 3.8) is 0 Å². The molecule has 1 aliphatic rings. The summed E-state index contributed by atoms with van der Waals surface area (Å²) < 4.78 is 0. The number of alkyl halides is 2. The number of hydrogen-bond donors (Lipinski definition) is 2. The number of rotatable bonds is 3. The zero-order valence-electron chi connectivity index (χ0n) is 6.65. The third-order valence-corrected chi connectivity index (χ3v) is 2.42. The fourth-order valence-electron chi connectivity index (χ4n) is 1.13. The van der Waals surface area contributed by atoms with Crippen LogP contribution in [0.25, 0.3) is 0 Å². The van der Waals surface area contributed by atoms with Crippen molar-refractivity contribution in [2.24, 2.45) is 5.73 Å². The van der Waals surface area contributed by atoms with E-state index in [0.29, 0.717) is 0 Å². The fraction of sp³-hybridized carbons (Fsp3) is 0.857. The lowest BCUT2D eigenvalue weighted by Gasteiger charge is -2.36. The second-order valence-corrected chi connectivity index (χ2v) is 4.39. The van der Waals surface area contributed by atoms with E-state index in [9.17, 15) is 4.79 Å². The van der Waals surface area contributed by atoms with E-state index in [2.05, 4.69) is 5.32 Å². The first-order valence-electron chi connectivity index (χ1n) is 3.90. The van der Waals surface area contributed by atoms with E-state index in [1.165, 1.54) is 0 Å². The Kier molecular flexibility index (Phi) is 3.21. The maximum Gasteiger partial charge on any atom is 0.240 e. The largest absolute Gasteiger partial charge is 0.352 e. The number of carbonyl (C=O) groups excluding carboxylic acids is 1. The minimum Gasteiger partial charge on any atom is -0.352 e. The summed E-state index contributed by atoms with van der Waals surface area (Å²) in [6.07, 6.45) is 2.54. The Hall–Kier alpha value is 0.01000. The van der Waals surface area contributed by atoms with Crippen LogP contribution in [0.15, 0.2) is 0 Å². The molecule has 1 rings (SSSR count). The smallest absolute Gasteiger partial charge is 0.240 e. The molecule has 0 aromatic rings. The summed E-state index contributed by atoms with van der Waals surface area (Å²) in [7, 11) is 0. The van der Waals surface area contributed by atoms with Gasteiger partial charge in [-0.2, -0.15) is 0 Å². The van der Waals surface area contributed by atoms with Gasteiger partial charge < -0.3 is 11.1 Å². The molecule has 3 nitrogen and oxygen atoms in total. The number of carbonyl (C=O) groups is 1. The second kappa shape index (κ2) is 3.81. The molecule has 5 heteroatoms. The molecular formula is C7H12Cl2N2O. The molecule has 1 amide bonds. The monoisotopic (exact) mass is 210 g/mol. The normalized spacial score (nSPS) is 20.3. The molecule has 0 aliphatic heterocycles. The Bertz CT molecular complexity index is 180. The fourth-order valence-corrected chi connectivity index (χ4v) is 1.28. The molecule has 0 aromatic carbocycles. The lowest BCUT2D eigenvalue weighted by Crippen LogP contribution is -2.58. The van der Waals surface area contributed by atoms with Crippen molar-refractivity contribution in [3.05, 3.63) is 0 Å². The first kappa shape index (κ1) is 10.1. The number of hydrogen-bond acceptors (Lipinski definition) is 2. The number of nitrogens with one attached hydrogen (secondary N) is 1. The first-order chi connectivity index (χ1) is 5.54. The maximum atomic E-state index is 11.3. The van der Waals surface area contributed by atoms with Gasteiger partial charge in [0.05, 0.1) is 5.54 Å². The van der Waals surface area contributed by atoms with E-state index in [1.54, 1.807) is 0 Å². The van der Waals surface area contributed by atoms with Crippen LogP contribution in [0.1, 0.15) is 19.3 Å². The third kappa shape index (κ3) is 2.25. The molecule has 0 radical (unpaired) electrons. The van der Waals surface area contributed by atoms with Crippen molar-refractivity contribution in [3.8, 4) is 0 Å². The number of amides is 1. The highest BCUT2D eigenvalue weighted by molar-refractivity contribution is 6.44. The van der Waals surface area contributed by atoms with Crippen LogP contribution in [0, 0.1) is 0 Å². The summed E-state index contributed by atoms with van der Waals surface area (Å²) in [4.78, 5) is 10.7. The zero-order valence-corrected chi connectivity index (χ0v) is 8.16. The van der Waals surface area contributed by atoms with Crippen LogP contribution in [-0.4, -0.2) is 22.8 Å². The van der Waals surface area contributed by atoms with Crippen LogP contribution >= 0.6 is 23.2 Å². The van der Waals surface area contributed by atoms with E-state index < -0.39 is 10.4 Å². The van der Waals surface area contributed by atoms with Gasteiger partial charge in [-0.15, -0.1) is 23.2 Å². The maximum absolute atomic E-state index is 11.3. The Labute approximate surface area is 81.6 Å². The second-order valence-electron chi connectivity index (χ2n) is 3.11. The Morgan fingerprint density at radius 2 is 2.17 bits per heavy atom. The minimum absolute atomic E-state index is 0.139. The Balaban J connectivity index is 2.28. The van der Waals surface area contributed by atoms with Crippen molar-refractivity contribution in [2.45, 2.75) is 29.6 Å². The van der Waals surface area contributed by atoms with Gasteiger partial charge >= 0.3 is 0 Å². The molecule has 3 N–H and O–H groups in total. The number of nitrogens with two attached hydrogens (primary N) is 1. The minimum atomic E-state index is -0.650. The summed E-state index contributed by atoms with van der Waals surface area (Å²) in [5.41, 5.74) is 5.08.